The molecular formula is C13H18N2O2. The molecule has 92 valence electrons. The molecule has 0 amide bonds. The number of anilines is 1. The van der Waals surface area contributed by atoms with Crippen LogP contribution in [0.4, 0.5) is 5.82 Å². The van der Waals surface area contributed by atoms with E-state index in [-0.39, 0.29) is 6.10 Å². The summed E-state index contributed by atoms with van der Waals surface area (Å²) in [6, 6.07) is 2.15. The number of hydrogen-bond donors (Lipinski definition) is 0. The average Bonchev–Trinajstić information content (AvgIpc) is 2.31. The van der Waals surface area contributed by atoms with Gasteiger partial charge in [-0.05, 0) is 25.0 Å². The van der Waals surface area contributed by atoms with Crippen LogP contribution in [-0.2, 0) is 9.53 Å². The number of rotatable bonds is 3. The predicted molar refractivity (Wildman–Crippen MR) is 66.1 cm³/mol. The van der Waals surface area contributed by atoms with Gasteiger partial charge in [-0.15, -0.1) is 0 Å². The molecule has 0 bridgehead atoms. The summed E-state index contributed by atoms with van der Waals surface area (Å²) in [4.78, 5) is 17.0. The molecule has 1 fully saturated rings. The molecule has 4 nitrogen and oxygen atoms in total. The molecule has 0 unspecified atom stereocenters. The molecule has 2 rings (SSSR count). The first-order chi connectivity index (χ1) is 8.20. The number of carbonyl (C=O) groups excluding carboxylic acids is 1. The maximum absolute atomic E-state index is 10.3. The molecule has 1 aliphatic rings. The Hall–Kier alpha value is -1.58. The molecule has 0 radical (unpaired) electrons. The fourth-order valence-corrected chi connectivity index (χ4v) is 2.32. The number of pyridine rings is 1. The number of aryl methyl sites for hydroxylation is 2. The van der Waals surface area contributed by atoms with E-state index in [9.17, 15) is 4.79 Å². The lowest BCUT2D eigenvalue weighted by molar-refractivity contribution is -0.134. The van der Waals surface area contributed by atoms with Crippen LogP contribution < -0.4 is 4.90 Å². The van der Waals surface area contributed by atoms with E-state index in [2.05, 4.69) is 22.9 Å². The highest BCUT2D eigenvalue weighted by Gasteiger charge is 2.21. The number of carbonyl (C=O) groups is 1. The second-order valence-electron chi connectivity index (χ2n) is 4.57. The molecule has 0 aromatic carbocycles. The number of nitrogens with zero attached hydrogens (tertiary/aromatic N) is 2. The van der Waals surface area contributed by atoms with Crippen molar-refractivity contribution in [1.82, 2.24) is 4.98 Å². The summed E-state index contributed by atoms with van der Waals surface area (Å²) in [5.74, 6) is 1.06. The zero-order chi connectivity index (χ0) is 12.3. The zero-order valence-electron chi connectivity index (χ0n) is 10.3. The van der Waals surface area contributed by atoms with Crippen molar-refractivity contribution in [2.45, 2.75) is 32.8 Å². The van der Waals surface area contributed by atoms with Gasteiger partial charge in [-0.3, -0.25) is 4.79 Å². The van der Waals surface area contributed by atoms with E-state index < -0.39 is 0 Å². The Balaban J connectivity index is 2.02. The Morgan fingerprint density at radius 2 is 2.12 bits per heavy atom. The Kier molecular flexibility index (Phi) is 3.61. The summed E-state index contributed by atoms with van der Waals surface area (Å²) in [5.41, 5.74) is 2.39. The molecule has 0 saturated carbocycles. The van der Waals surface area contributed by atoms with E-state index in [1.54, 1.807) is 0 Å². The van der Waals surface area contributed by atoms with Crippen molar-refractivity contribution in [2.24, 2.45) is 0 Å². The van der Waals surface area contributed by atoms with Crippen LogP contribution in [0.3, 0.4) is 0 Å². The standard InChI is InChI=1S/C13H18N2O2/c1-10-7-11(2)13(14-8-10)15-5-3-12(4-6-15)17-9-16/h7-9,12H,3-6H2,1-2H3. The van der Waals surface area contributed by atoms with E-state index >= 15 is 0 Å². The Morgan fingerprint density at radius 3 is 2.71 bits per heavy atom. The third kappa shape index (κ3) is 2.75. The lowest BCUT2D eigenvalue weighted by Crippen LogP contribution is -2.37. The van der Waals surface area contributed by atoms with Gasteiger partial charge >= 0.3 is 0 Å². The van der Waals surface area contributed by atoms with E-state index in [0.29, 0.717) is 6.47 Å². The number of hydrogen-bond acceptors (Lipinski definition) is 4. The summed E-state index contributed by atoms with van der Waals surface area (Å²) < 4.78 is 4.99. The molecule has 0 N–H and O–H groups in total. The second kappa shape index (κ2) is 5.17. The van der Waals surface area contributed by atoms with E-state index in [0.717, 1.165) is 31.7 Å². The SMILES string of the molecule is Cc1cnc(N2CCC(OC=O)CC2)c(C)c1. The van der Waals surface area contributed by atoms with E-state index in [1.165, 1.54) is 11.1 Å². The van der Waals surface area contributed by atoms with Gasteiger partial charge < -0.3 is 9.64 Å². The molecule has 0 aliphatic carbocycles. The zero-order valence-corrected chi connectivity index (χ0v) is 10.3. The topological polar surface area (TPSA) is 42.4 Å². The van der Waals surface area contributed by atoms with Gasteiger partial charge in [-0.1, -0.05) is 6.07 Å². The van der Waals surface area contributed by atoms with Gasteiger partial charge in [0.15, 0.2) is 0 Å². The molecule has 1 aromatic heterocycles. The Morgan fingerprint density at radius 1 is 1.41 bits per heavy atom. The summed E-state index contributed by atoms with van der Waals surface area (Å²) in [6.45, 7) is 6.48. The highest BCUT2D eigenvalue weighted by atomic mass is 16.5. The molecular weight excluding hydrogens is 216 g/mol. The smallest absolute Gasteiger partial charge is 0.293 e. The molecule has 2 heterocycles. The third-order valence-electron chi connectivity index (χ3n) is 3.18. The van der Waals surface area contributed by atoms with Crippen molar-refractivity contribution in [2.75, 3.05) is 18.0 Å². The van der Waals surface area contributed by atoms with Gasteiger partial charge in [0.2, 0.25) is 0 Å². The lowest BCUT2D eigenvalue weighted by atomic mass is 10.1. The molecule has 4 heteroatoms. The largest absolute Gasteiger partial charge is 0.464 e. The molecule has 0 atom stereocenters. The van der Waals surface area contributed by atoms with Gasteiger partial charge in [0.05, 0.1) is 0 Å². The fourth-order valence-electron chi connectivity index (χ4n) is 2.32. The highest BCUT2D eigenvalue weighted by Crippen LogP contribution is 2.22. The lowest BCUT2D eigenvalue weighted by Gasteiger charge is -2.32. The van der Waals surface area contributed by atoms with Crippen molar-refractivity contribution < 1.29 is 9.53 Å². The van der Waals surface area contributed by atoms with Crippen LogP contribution in [0, 0.1) is 13.8 Å². The van der Waals surface area contributed by atoms with Crippen LogP contribution in [-0.4, -0.2) is 30.6 Å². The molecule has 1 saturated heterocycles. The number of ether oxygens (including phenoxy) is 1. The van der Waals surface area contributed by atoms with Crippen molar-refractivity contribution in [3.63, 3.8) is 0 Å². The minimum atomic E-state index is 0.0782. The highest BCUT2D eigenvalue weighted by molar-refractivity contribution is 5.47. The Bertz CT molecular complexity index is 398. The monoisotopic (exact) mass is 234 g/mol. The van der Waals surface area contributed by atoms with Gasteiger partial charge in [-0.25, -0.2) is 4.98 Å². The van der Waals surface area contributed by atoms with Gasteiger partial charge in [0, 0.05) is 32.1 Å². The van der Waals surface area contributed by atoms with Crippen LogP contribution in [0.5, 0.6) is 0 Å². The number of aromatic nitrogens is 1. The summed E-state index contributed by atoms with van der Waals surface area (Å²) in [7, 11) is 0. The molecule has 1 aliphatic heterocycles. The maximum Gasteiger partial charge on any atom is 0.293 e. The van der Waals surface area contributed by atoms with Gasteiger partial charge in [0.25, 0.3) is 6.47 Å². The minimum Gasteiger partial charge on any atom is -0.464 e. The first-order valence-corrected chi connectivity index (χ1v) is 5.98. The normalized spacial score (nSPS) is 16.9. The molecule has 17 heavy (non-hydrogen) atoms. The number of piperidine rings is 1. The summed E-state index contributed by atoms with van der Waals surface area (Å²) in [5, 5.41) is 0. The molecule has 0 spiro atoms. The third-order valence-corrected chi connectivity index (χ3v) is 3.18. The van der Waals surface area contributed by atoms with E-state index in [1.807, 2.05) is 13.1 Å². The van der Waals surface area contributed by atoms with Crippen molar-refractivity contribution in [1.29, 1.82) is 0 Å². The van der Waals surface area contributed by atoms with Crippen LogP contribution in [0.15, 0.2) is 12.3 Å². The minimum absolute atomic E-state index is 0.0782. The average molecular weight is 234 g/mol. The first kappa shape index (κ1) is 11.9. The maximum atomic E-state index is 10.3. The second-order valence-corrected chi connectivity index (χ2v) is 4.57. The van der Waals surface area contributed by atoms with E-state index in [4.69, 9.17) is 4.74 Å². The molecule has 1 aromatic rings. The Labute approximate surface area is 102 Å². The van der Waals surface area contributed by atoms with Crippen molar-refractivity contribution in [3.05, 3.63) is 23.4 Å². The quantitative estimate of drug-likeness (QED) is 0.748. The van der Waals surface area contributed by atoms with Crippen LogP contribution in [0.1, 0.15) is 24.0 Å². The van der Waals surface area contributed by atoms with Crippen molar-refractivity contribution >= 4 is 12.3 Å². The fraction of sp³-hybridized carbons (Fsp3) is 0.538. The van der Waals surface area contributed by atoms with Crippen LogP contribution in [0.2, 0.25) is 0 Å². The summed E-state index contributed by atoms with van der Waals surface area (Å²) in [6.07, 6.45) is 3.74. The van der Waals surface area contributed by atoms with Crippen LogP contribution in [0.25, 0.3) is 0 Å². The van der Waals surface area contributed by atoms with Crippen LogP contribution >= 0.6 is 0 Å². The summed E-state index contributed by atoms with van der Waals surface area (Å²) >= 11 is 0. The van der Waals surface area contributed by atoms with Gasteiger partial charge in [0.1, 0.15) is 11.9 Å². The predicted octanol–water partition coefficient (Wildman–Crippen LogP) is 1.84. The van der Waals surface area contributed by atoms with Crippen molar-refractivity contribution in [3.8, 4) is 0 Å². The first-order valence-electron chi connectivity index (χ1n) is 5.98. The van der Waals surface area contributed by atoms with Gasteiger partial charge in [-0.2, -0.15) is 0 Å².